The molecule has 0 aromatic heterocycles. The fraction of sp³-hybridized carbons (Fsp3) is 1.00. The third-order valence-corrected chi connectivity index (χ3v) is 5.86. The third-order valence-electron chi connectivity index (χ3n) is 5.86. The van der Waals surface area contributed by atoms with E-state index in [1.165, 1.54) is 78.0 Å². The van der Waals surface area contributed by atoms with E-state index in [2.05, 4.69) is 21.7 Å². The number of piperazine rings is 1. The molecule has 0 bridgehead atoms. The molecule has 0 aromatic rings. The summed E-state index contributed by atoms with van der Waals surface area (Å²) in [5.74, 6) is 1.84. The molecule has 0 N–H and O–H groups in total. The number of likely N-dealkylation sites (tertiary alicyclic amines) is 1. The van der Waals surface area contributed by atoms with E-state index in [0.29, 0.717) is 6.10 Å². The minimum absolute atomic E-state index is 0.556. The lowest BCUT2D eigenvalue weighted by molar-refractivity contribution is -0.0167. The second kappa shape index (κ2) is 7.40. The fourth-order valence-electron chi connectivity index (χ4n) is 4.15. The van der Waals surface area contributed by atoms with Crippen LogP contribution < -0.4 is 0 Å². The van der Waals surface area contributed by atoms with Gasteiger partial charge in [-0.1, -0.05) is 0 Å². The molecule has 0 unspecified atom stereocenters. The van der Waals surface area contributed by atoms with Gasteiger partial charge in [0.15, 0.2) is 0 Å². The van der Waals surface area contributed by atoms with E-state index in [1.807, 2.05) is 7.11 Å². The van der Waals surface area contributed by atoms with Crippen LogP contribution in [0.5, 0.6) is 0 Å². The topological polar surface area (TPSA) is 19.0 Å². The first kappa shape index (κ1) is 15.7. The van der Waals surface area contributed by atoms with Crippen LogP contribution in [0.15, 0.2) is 0 Å². The summed E-state index contributed by atoms with van der Waals surface area (Å²) < 4.78 is 5.38. The maximum absolute atomic E-state index is 5.38. The lowest BCUT2D eigenvalue weighted by Gasteiger charge is -2.42. The van der Waals surface area contributed by atoms with Gasteiger partial charge in [0.1, 0.15) is 0 Å². The van der Waals surface area contributed by atoms with Gasteiger partial charge in [0.05, 0.1) is 6.10 Å². The Bertz CT molecular complexity index is 303. The normalized spacial score (nSPS) is 34.0. The average Bonchev–Trinajstić information content (AvgIpc) is 2.46. The van der Waals surface area contributed by atoms with Gasteiger partial charge in [-0.05, 0) is 57.7 Å². The van der Waals surface area contributed by atoms with Crippen LogP contribution in [0.2, 0.25) is 0 Å². The van der Waals surface area contributed by atoms with Gasteiger partial charge in [0.2, 0.25) is 0 Å². The number of rotatable bonds is 5. The SMILES string of the molecule is COC1CC(CN2CCN(CC3CCN(C)CC3)CC2)C1. The fourth-order valence-corrected chi connectivity index (χ4v) is 4.15. The third kappa shape index (κ3) is 4.41. The van der Waals surface area contributed by atoms with Crippen molar-refractivity contribution in [1.82, 2.24) is 14.7 Å². The highest BCUT2D eigenvalue weighted by atomic mass is 16.5. The van der Waals surface area contributed by atoms with Crippen LogP contribution in [-0.4, -0.2) is 87.3 Å². The molecule has 4 nitrogen and oxygen atoms in total. The van der Waals surface area contributed by atoms with Crippen LogP contribution in [0, 0.1) is 11.8 Å². The first-order chi connectivity index (χ1) is 10.2. The van der Waals surface area contributed by atoms with Crippen molar-refractivity contribution in [2.45, 2.75) is 31.8 Å². The molecular weight excluding hydrogens is 262 g/mol. The van der Waals surface area contributed by atoms with Gasteiger partial charge in [0.25, 0.3) is 0 Å². The first-order valence-electron chi connectivity index (χ1n) is 8.89. The van der Waals surface area contributed by atoms with Crippen molar-refractivity contribution in [3.05, 3.63) is 0 Å². The van der Waals surface area contributed by atoms with E-state index < -0.39 is 0 Å². The average molecular weight is 295 g/mol. The summed E-state index contributed by atoms with van der Waals surface area (Å²) >= 11 is 0. The van der Waals surface area contributed by atoms with Crippen LogP contribution in [-0.2, 0) is 4.74 Å². The van der Waals surface area contributed by atoms with E-state index >= 15 is 0 Å². The molecule has 122 valence electrons. The van der Waals surface area contributed by atoms with Crippen molar-refractivity contribution in [3.63, 3.8) is 0 Å². The molecule has 0 amide bonds. The molecule has 0 aromatic carbocycles. The Labute approximate surface area is 130 Å². The number of hydrogen-bond donors (Lipinski definition) is 0. The van der Waals surface area contributed by atoms with Crippen molar-refractivity contribution in [1.29, 1.82) is 0 Å². The minimum atomic E-state index is 0.556. The van der Waals surface area contributed by atoms with Crippen molar-refractivity contribution in [2.75, 3.05) is 66.5 Å². The number of nitrogens with zero attached hydrogens (tertiary/aromatic N) is 3. The summed E-state index contributed by atoms with van der Waals surface area (Å²) in [6, 6.07) is 0. The molecule has 21 heavy (non-hydrogen) atoms. The Morgan fingerprint density at radius 3 is 1.86 bits per heavy atom. The van der Waals surface area contributed by atoms with E-state index in [-0.39, 0.29) is 0 Å². The standard InChI is InChI=1S/C17H33N3O/c1-18-5-3-15(4-6-18)13-19-7-9-20(10-8-19)14-16-11-17(12-16)21-2/h15-17H,3-14H2,1-2H3. The zero-order valence-electron chi connectivity index (χ0n) is 14.0. The van der Waals surface area contributed by atoms with Crippen LogP contribution in [0.4, 0.5) is 0 Å². The highest BCUT2D eigenvalue weighted by Gasteiger charge is 2.31. The highest BCUT2D eigenvalue weighted by Crippen LogP contribution is 2.30. The lowest BCUT2D eigenvalue weighted by Crippen LogP contribution is -2.51. The van der Waals surface area contributed by atoms with Crippen molar-refractivity contribution < 1.29 is 4.74 Å². The molecule has 3 aliphatic rings. The smallest absolute Gasteiger partial charge is 0.0577 e. The number of methoxy groups -OCH3 is 1. The van der Waals surface area contributed by atoms with Crippen LogP contribution in [0.3, 0.4) is 0 Å². The van der Waals surface area contributed by atoms with Gasteiger partial charge >= 0.3 is 0 Å². The molecule has 4 heteroatoms. The van der Waals surface area contributed by atoms with Gasteiger partial charge in [0, 0.05) is 46.4 Å². The lowest BCUT2D eigenvalue weighted by atomic mass is 9.82. The van der Waals surface area contributed by atoms with Gasteiger partial charge < -0.3 is 19.4 Å². The van der Waals surface area contributed by atoms with E-state index in [1.54, 1.807) is 0 Å². The van der Waals surface area contributed by atoms with Crippen LogP contribution in [0.1, 0.15) is 25.7 Å². The second-order valence-corrected chi connectivity index (χ2v) is 7.54. The van der Waals surface area contributed by atoms with Crippen molar-refractivity contribution in [3.8, 4) is 0 Å². The zero-order chi connectivity index (χ0) is 14.7. The number of piperidine rings is 1. The summed E-state index contributed by atoms with van der Waals surface area (Å²) in [5, 5.41) is 0. The second-order valence-electron chi connectivity index (χ2n) is 7.54. The molecule has 2 aliphatic heterocycles. The summed E-state index contributed by atoms with van der Waals surface area (Å²) in [6.45, 7) is 10.4. The molecule has 0 radical (unpaired) electrons. The first-order valence-corrected chi connectivity index (χ1v) is 8.89. The van der Waals surface area contributed by atoms with Gasteiger partial charge in [-0.3, -0.25) is 0 Å². The predicted molar refractivity (Wildman–Crippen MR) is 86.6 cm³/mol. The minimum Gasteiger partial charge on any atom is -0.381 e. The Balaban J connectivity index is 1.30. The Morgan fingerprint density at radius 1 is 0.810 bits per heavy atom. The molecule has 1 saturated carbocycles. The summed E-state index contributed by atoms with van der Waals surface area (Å²) in [6.07, 6.45) is 5.92. The van der Waals surface area contributed by atoms with E-state index in [0.717, 1.165) is 11.8 Å². The Kier molecular flexibility index (Phi) is 5.54. The molecule has 0 spiro atoms. The predicted octanol–water partition coefficient (Wildman–Crippen LogP) is 1.37. The number of hydrogen-bond acceptors (Lipinski definition) is 4. The van der Waals surface area contributed by atoms with Crippen molar-refractivity contribution in [2.24, 2.45) is 11.8 Å². The maximum Gasteiger partial charge on any atom is 0.0577 e. The zero-order valence-corrected chi connectivity index (χ0v) is 14.0. The summed E-state index contributed by atoms with van der Waals surface area (Å²) in [5.41, 5.74) is 0. The molecule has 3 fully saturated rings. The van der Waals surface area contributed by atoms with Gasteiger partial charge in [-0.25, -0.2) is 0 Å². The van der Waals surface area contributed by atoms with Crippen molar-refractivity contribution >= 4 is 0 Å². The molecule has 2 saturated heterocycles. The summed E-state index contributed by atoms with van der Waals surface area (Å²) in [7, 11) is 4.10. The highest BCUT2D eigenvalue weighted by molar-refractivity contribution is 4.84. The van der Waals surface area contributed by atoms with Crippen LogP contribution >= 0.6 is 0 Å². The molecule has 2 heterocycles. The number of ether oxygens (including phenoxy) is 1. The van der Waals surface area contributed by atoms with Gasteiger partial charge in [-0.2, -0.15) is 0 Å². The Morgan fingerprint density at radius 2 is 1.33 bits per heavy atom. The molecule has 0 atom stereocenters. The summed E-state index contributed by atoms with van der Waals surface area (Å²) in [4.78, 5) is 7.87. The quantitative estimate of drug-likeness (QED) is 0.762. The largest absolute Gasteiger partial charge is 0.381 e. The molecular formula is C17H33N3O. The molecule has 3 rings (SSSR count). The molecule has 1 aliphatic carbocycles. The maximum atomic E-state index is 5.38. The van der Waals surface area contributed by atoms with Gasteiger partial charge in [-0.15, -0.1) is 0 Å². The van der Waals surface area contributed by atoms with E-state index in [4.69, 9.17) is 4.74 Å². The van der Waals surface area contributed by atoms with Crippen LogP contribution in [0.25, 0.3) is 0 Å². The van der Waals surface area contributed by atoms with E-state index in [9.17, 15) is 0 Å². The Hall–Kier alpha value is -0.160. The monoisotopic (exact) mass is 295 g/mol.